The first-order chi connectivity index (χ1) is 7.50. The first-order valence-electron chi connectivity index (χ1n) is 5.96. The number of piperazine rings is 1. The van der Waals surface area contributed by atoms with E-state index in [0.717, 1.165) is 26.2 Å². The smallest absolute Gasteiger partial charge is 0.312 e. The lowest BCUT2D eigenvalue weighted by atomic mass is 10.0. The minimum atomic E-state index is -0.431. The molecule has 1 aliphatic rings. The monoisotopic (exact) mass is 228 g/mol. The lowest BCUT2D eigenvalue weighted by molar-refractivity contribution is 0.0889. The molecule has 0 aromatic carbocycles. The van der Waals surface area contributed by atoms with Crippen LogP contribution in [0.5, 0.6) is 0 Å². The average Bonchev–Trinajstić information content (AvgIpc) is 2.20. The summed E-state index contributed by atoms with van der Waals surface area (Å²) in [4.78, 5) is 15.5. The largest absolute Gasteiger partial charge is 0.352 e. The summed E-state index contributed by atoms with van der Waals surface area (Å²) in [5.74, 6) is 0.523. The number of urea groups is 1. The molecule has 5 heteroatoms. The molecule has 0 spiro atoms. The van der Waals surface area contributed by atoms with Crippen LogP contribution in [-0.4, -0.2) is 61.6 Å². The molecule has 1 fully saturated rings. The molecule has 0 aromatic heterocycles. The van der Waals surface area contributed by atoms with E-state index in [0.29, 0.717) is 18.5 Å². The number of carbonyl (C=O) groups excluding carboxylic acids is 1. The van der Waals surface area contributed by atoms with Crippen LogP contribution in [0, 0.1) is 5.92 Å². The SMILES string of the molecule is CC(C)C(CNC(N)=O)N1CCN(C)CC1. The fourth-order valence-corrected chi connectivity index (χ4v) is 2.15. The van der Waals surface area contributed by atoms with E-state index in [9.17, 15) is 4.79 Å². The van der Waals surface area contributed by atoms with Crippen LogP contribution in [0.2, 0.25) is 0 Å². The zero-order valence-electron chi connectivity index (χ0n) is 10.6. The number of nitrogens with zero attached hydrogens (tertiary/aromatic N) is 2. The fourth-order valence-electron chi connectivity index (χ4n) is 2.15. The highest BCUT2D eigenvalue weighted by Gasteiger charge is 2.24. The van der Waals surface area contributed by atoms with Crippen LogP contribution in [0.1, 0.15) is 13.8 Å². The number of nitrogens with two attached hydrogens (primary N) is 1. The van der Waals surface area contributed by atoms with E-state index in [1.165, 1.54) is 0 Å². The summed E-state index contributed by atoms with van der Waals surface area (Å²) in [5, 5.41) is 2.72. The van der Waals surface area contributed by atoms with Crippen LogP contribution in [-0.2, 0) is 0 Å². The highest BCUT2D eigenvalue weighted by Crippen LogP contribution is 2.12. The zero-order valence-corrected chi connectivity index (χ0v) is 10.6. The summed E-state index contributed by atoms with van der Waals surface area (Å²) in [6.45, 7) is 9.35. The van der Waals surface area contributed by atoms with Gasteiger partial charge in [-0.3, -0.25) is 4.90 Å². The number of primary amides is 1. The van der Waals surface area contributed by atoms with E-state index in [-0.39, 0.29) is 0 Å². The van der Waals surface area contributed by atoms with Crippen LogP contribution in [0.15, 0.2) is 0 Å². The van der Waals surface area contributed by atoms with E-state index in [1.54, 1.807) is 0 Å². The van der Waals surface area contributed by atoms with Crippen molar-refractivity contribution in [3.63, 3.8) is 0 Å². The van der Waals surface area contributed by atoms with Gasteiger partial charge in [-0.2, -0.15) is 0 Å². The van der Waals surface area contributed by atoms with Gasteiger partial charge in [-0.05, 0) is 13.0 Å². The molecular formula is C11H24N4O. The van der Waals surface area contributed by atoms with Crippen LogP contribution >= 0.6 is 0 Å². The minimum Gasteiger partial charge on any atom is -0.352 e. The molecule has 94 valence electrons. The van der Waals surface area contributed by atoms with Crippen molar-refractivity contribution in [2.24, 2.45) is 11.7 Å². The van der Waals surface area contributed by atoms with Crippen molar-refractivity contribution in [2.45, 2.75) is 19.9 Å². The Hall–Kier alpha value is -0.810. The molecular weight excluding hydrogens is 204 g/mol. The number of carbonyl (C=O) groups is 1. The standard InChI is InChI=1S/C11H24N4O/c1-9(2)10(8-13-11(12)16)15-6-4-14(3)5-7-15/h9-10H,4-8H2,1-3H3,(H3,12,13,16). The van der Waals surface area contributed by atoms with Gasteiger partial charge < -0.3 is 16.0 Å². The summed E-state index contributed by atoms with van der Waals surface area (Å²) in [6.07, 6.45) is 0. The first-order valence-corrected chi connectivity index (χ1v) is 5.96. The molecule has 1 rings (SSSR count). The van der Waals surface area contributed by atoms with Gasteiger partial charge in [0.2, 0.25) is 0 Å². The Bertz CT molecular complexity index is 224. The van der Waals surface area contributed by atoms with Crippen molar-refractivity contribution in [1.82, 2.24) is 15.1 Å². The van der Waals surface area contributed by atoms with Crippen molar-refractivity contribution in [2.75, 3.05) is 39.8 Å². The molecule has 0 radical (unpaired) electrons. The third kappa shape index (κ3) is 3.98. The van der Waals surface area contributed by atoms with Gasteiger partial charge in [0.15, 0.2) is 0 Å². The number of likely N-dealkylation sites (N-methyl/N-ethyl adjacent to an activating group) is 1. The quantitative estimate of drug-likeness (QED) is 0.708. The molecule has 1 heterocycles. The van der Waals surface area contributed by atoms with E-state index < -0.39 is 6.03 Å². The summed E-state index contributed by atoms with van der Waals surface area (Å²) < 4.78 is 0. The lowest BCUT2D eigenvalue weighted by Gasteiger charge is -2.39. The summed E-state index contributed by atoms with van der Waals surface area (Å²) in [7, 11) is 2.14. The second kappa shape index (κ2) is 6.06. The molecule has 5 nitrogen and oxygen atoms in total. The van der Waals surface area contributed by atoms with E-state index in [1.807, 2.05) is 0 Å². The van der Waals surface area contributed by atoms with E-state index >= 15 is 0 Å². The van der Waals surface area contributed by atoms with Crippen molar-refractivity contribution >= 4 is 6.03 Å². The molecule has 1 aliphatic heterocycles. The summed E-state index contributed by atoms with van der Waals surface area (Å²) >= 11 is 0. The predicted molar refractivity (Wildman–Crippen MR) is 65.3 cm³/mol. The maximum atomic E-state index is 10.7. The Balaban J connectivity index is 2.46. The van der Waals surface area contributed by atoms with Gasteiger partial charge >= 0.3 is 6.03 Å². The second-order valence-corrected chi connectivity index (χ2v) is 4.90. The van der Waals surface area contributed by atoms with Crippen LogP contribution in [0.25, 0.3) is 0 Å². The highest BCUT2D eigenvalue weighted by molar-refractivity contribution is 5.71. The van der Waals surface area contributed by atoms with Gasteiger partial charge in [0.25, 0.3) is 0 Å². The van der Waals surface area contributed by atoms with Gasteiger partial charge in [-0.1, -0.05) is 13.8 Å². The number of rotatable bonds is 4. The highest BCUT2D eigenvalue weighted by atomic mass is 16.2. The zero-order chi connectivity index (χ0) is 12.1. The van der Waals surface area contributed by atoms with Gasteiger partial charge in [-0.15, -0.1) is 0 Å². The fraction of sp³-hybridized carbons (Fsp3) is 0.909. The topological polar surface area (TPSA) is 61.6 Å². The first kappa shape index (κ1) is 13.3. The molecule has 2 amide bonds. The predicted octanol–water partition coefficient (Wildman–Crippen LogP) is -0.0733. The Morgan fingerprint density at radius 2 is 1.88 bits per heavy atom. The maximum Gasteiger partial charge on any atom is 0.312 e. The molecule has 16 heavy (non-hydrogen) atoms. The molecule has 1 unspecified atom stereocenters. The number of hydrogen-bond acceptors (Lipinski definition) is 3. The van der Waals surface area contributed by atoms with Crippen molar-refractivity contribution in [1.29, 1.82) is 0 Å². The Morgan fingerprint density at radius 3 is 2.31 bits per heavy atom. The Kier molecular flexibility index (Phi) is 5.02. The van der Waals surface area contributed by atoms with Gasteiger partial charge in [-0.25, -0.2) is 4.79 Å². The third-order valence-electron chi connectivity index (χ3n) is 3.26. The molecule has 1 saturated heterocycles. The molecule has 0 bridgehead atoms. The van der Waals surface area contributed by atoms with Gasteiger partial charge in [0.05, 0.1) is 0 Å². The summed E-state index contributed by atoms with van der Waals surface area (Å²) in [6, 6.07) is -0.0408. The molecule has 0 aromatic rings. The number of nitrogens with one attached hydrogen (secondary N) is 1. The Morgan fingerprint density at radius 1 is 1.31 bits per heavy atom. The number of hydrogen-bond donors (Lipinski definition) is 2. The van der Waals surface area contributed by atoms with Gasteiger partial charge in [0, 0.05) is 38.8 Å². The van der Waals surface area contributed by atoms with Gasteiger partial charge in [0.1, 0.15) is 0 Å². The normalized spacial score (nSPS) is 21.0. The summed E-state index contributed by atoms with van der Waals surface area (Å²) in [5.41, 5.74) is 5.12. The molecule has 0 saturated carbocycles. The molecule has 0 aliphatic carbocycles. The molecule has 1 atom stereocenters. The van der Waals surface area contributed by atoms with Crippen LogP contribution in [0.3, 0.4) is 0 Å². The van der Waals surface area contributed by atoms with Crippen LogP contribution in [0.4, 0.5) is 4.79 Å². The van der Waals surface area contributed by atoms with Crippen molar-refractivity contribution in [3.8, 4) is 0 Å². The van der Waals surface area contributed by atoms with E-state index in [4.69, 9.17) is 5.73 Å². The average molecular weight is 228 g/mol. The van der Waals surface area contributed by atoms with Crippen molar-refractivity contribution in [3.05, 3.63) is 0 Å². The third-order valence-corrected chi connectivity index (χ3v) is 3.26. The minimum absolute atomic E-state index is 0.390. The molecule has 3 N–H and O–H groups in total. The Labute approximate surface area is 98.0 Å². The second-order valence-electron chi connectivity index (χ2n) is 4.90. The number of amides is 2. The van der Waals surface area contributed by atoms with Crippen molar-refractivity contribution < 1.29 is 4.79 Å². The van der Waals surface area contributed by atoms with Crippen LogP contribution < -0.4 is 11.1 Å². The maximum absolute atomic E-state index is 10.7. The lowest BCUT2D eigenvalue weighted by Crippen LogP contribution is -2.54. The van der Waals surface area contributed by atoms with E-state index in [2.05, 4.69) is 36.0 Å².